The van der Waals surface area contributed by atoms with Crippen LogP contribution in [0.15, 0.2) is 0 Å². The standard InChI is InChI=1S/C8H22N2O2Si/c1-11-8(13,12-2)7(10)5-3-4-6-9/h7H,3-6,9-10H2,1-2,13H3. The first-order valence-corrected chi connectivity index (χ1v) is 5.66. The van der Waals surface area contributed by atoms with Crippen molar-refractivity contribution < 1.29 is 9.47 Å². The smallest absolute Gasteiger partial charge is 0.155 e. The van der Waals surface area contributed by atoms with Gasteiger partial charge in [-0.05, 0) is 19.4 Å². The van der Waals surface area contributed by atoms with Gasteiger partial charge in [0.1, 0.15) is 0 Å². The second-order valence-electron chi connectivity index (χ2n) is 3.32. The number of nitrogens with two attached hydrogens (primary N) is 2. The summed E-state index contributed by atoms with van der Waals surface area (Å²) >= 11 is 0. The molecule has 4 N–H and O–H groups in total. The Labute approximate surface area is 83.4 Å². The Bertz CT molecular complexity index is 131. The maximum absolute atomic E-state index is 5.96. The molecular formula is C8H22N2O2Si. The number of hydrogen-bond acceptors (Lipinski definition) is 4. The van der Waals surface area contributed by atoms with Gasteiger partial charge in [0, 0.05) is 14.2 Å². The second kappa shape index (κ2) is 6.50. The highest BCUT2D eigenvalue weighted by Gasteiger charge is 2.30. The molecule has 0 bridgehead atoms. The second-order valence-corrected chi connectivity index (χ2v) is 4.71. The van der Waals surface area contributed by atoms with Gasteiger partial charge in [0.2, 0.25) is 0 Å². The van der Waals surface area contributed by atoms with Crippen LogP contribution >= 0.6 is 0 Å². The zero-order valence-electron chi connectivity index (χ0n) is 8.88. The molecule has 5 heteroatoms. The Morgan fingerprint density at radius 1 is 1.31 bits per heavy atom. The van der Waals surface area contributed by atoms with Crippen LogP contribution in [0.25, 0.3) is 0 Å². The van der Waals surface area contributed by atoms with Gasteiger partial charge in [0.25, 0.3) is 0 Å². The molecule has 0 aromatic heterocycles. The van der Waals surface area contributed by atoms with Gasteiger partial charge in [-0.15, -0.1) is 0 Å². The van der Waals surface area contributed by atoms with Crippen molar-refractivity contribution in [2.75, 3.05) is 20.8 Å². The molecule has 0 aromatic carbocycles. The molecule has 0 amide bonds. The topological polar surface area (TPSA) is 70.5 Å². The first kappa shape index (κ1) is 13.1. The van der Waals surface area contributed by atoms with Gasteiger partial charge >= 0.3 is 0 Å². The van der Waals surface area contributed by atoms with Gasteiger partial charge in [-0.25, -0.2) is 0 Å². The van der Waals surface area contributed by atoms with Gasteiger partial charge in [0.15, 0.2) is 5.41 Å². The third-order valence-electron chi connectivity index (χ3n) is 2.45. The lowest BCUT2D eigenvalue weighted by Crippen LogP contribution is -2.51. The molecular weight excluding hydrogens is 184 g/mol. The van der Waals surface area contributed by atoms with Crippen LogP contribution in [0.2, 0.25) is 0 Å². The molecule has 0 saturated carbocycles. The van der Waals surface area contributed by atoms with E-state index in [1.54, 1.807) is 14.2 Å². The quantitative estimate of drug-likeness (QED) is 0.310. The van der Waals surface area contributed by atoms with E-state index >= 15 is 0 Å². The van der Waals surface area contributed by atoms with Crippen LogP contribution in [-0.4, -0.2) is 42.5 Å². The Hall–Kier alpha value is 0.0569. The van der Waals surface area contributed by atoms with Crippen LogP contribution in [0, 0.1) is 0 Å². The number of ether oxygens (including phenoxy) is 2. The Kier molecular flexibility index (Phi) is 6.53. The molecule has 0 radical (unpaired) electrons. The maximum Gasteiger partial charge on any atom is 0.155 e. The molecule has 0 spiro atoms. The van der Waals surface area contributed by atoms with Crippen LogP contribution in [-0.2, 0) is 9.47 Å². The molecule has 0 aliphatic rings. The first-order valence-electron chi connectivity index (χ1n) is 4.66. The summed E-state index contributed by atoms with van der Waals surface area (Å²) in [5.41, 5.74) is 10.8. The van der Waals surface area contributed by atoms with Crippen LogP contribution < -0.4 is 11.5 Å². The van der Waals surface area contributed by atoms with Gasteiger partial charge in [0.05, 0.1) is 16.3 Å². The van der Waals surface area contributed by atoms with Crippen molar-refractivity contribution in [2.24, 2.45) is 11.5 Å². The number of rotatable bonds is 7. The van der Waals surface area contributed by atoms with E-state index in [-0.39, 0.29) is 6.04 Å². The zero-order chi connectivity index (χ0) is 10.3. The van der Waals surface area contributed by atoms with Crippen molar-refractivity contribution in [3.63, 3.8) is 0 Å². The van der Waals surface area contributed by atoms with E-state index in [1.165, 1.54) is 0 Å². The minimum absolute atomic E-state index is 0.0410. The summed E-state index contributed by atoms with van der Waals surface area (Å²) in [6.07, 6.45) is 2.95. The molecule has 1 unspecified atom stereocenters. The van der Waals surface area contributed by atoms with Crippen molar-refractivity contribution in [1.82, 2.24) is 0 Å². The van der Waals surface area contributed by atoms with E-state index < -0.39 is 5.41 Å². The van der Waals surface area contributed by atoms with Crippen molar-refractivity contribution in [3.8, 4) is 0 Å². The molecule has 13 heavy (non-hydrogen) atoms. The van der Waals surface area contributed by atoms with E-state index in [0.717, 1.165) is 36.0 Å². The molecule has 4 nitrogen and oxygen atoms in total. The average molecular weight is 206 g/mol. The van der Waals surface area contributed by atoms with E-state index in [2.05, 4.69) is 0 Å². The van der Waals surface area contributed by atoms with E-state index in [1.807, 2.05) is 0 Å². The molecule has 0 aliphatic carbocycles. The molecule has 80 valence electrons. The van der Waals surface area contributed by atoms with Gasteiger partial charge < -0.3 is 20.9 Å². The number of hydrogen-bond donors (Lipinski definition) is 2. The van der Waals surface area contributed by atoms with Crippen molar-refractivity contribution in [3.05, 3.63) is 0 Å². The molecule has 1 atom stereocenters. The summed E-state index contributed by atoms with van der Waals surface area (Å²) in [6.45, 7) is 0.723. The summed E-state index contributed by atoms with van der Waals surface area (Å²) in [6, 6.07) is -0.0410. The molecule has 0 saturated heterocycles. The van der Waals surface area contributed by atoms with Crippen molar-refractivity contribution in [1.29, 1.82) is 0 Å². The fourth-order valence-electron chi connectivity index (χ4n) is 1.16. The lowest BCUT2D eigenvalue weighted by molar-refractivity contribution is -0.156. The predicted octanol–water partition coefficient (Wildman–Crippen LogP) is -1.25. The summed E-state index contributed by atoms with van der Waals surface area (Å²) in [7, 11) is 4.05. The molecule has 0 heterocycles. The molecule has 0 aliphatic heterocycles. The van der Waals surface area contributed by atoms with Crippen molar-refractivity contribution in [2.45, 2.75) is 30.7 Å². The maximum atomic E-state index is 5.96. The largest absolute Gasteiger partial charge is 0.356 e. The summed E-state index contributed by atoms with van der Waals surface area (Å²) in [4.78, 5) is 0. The summed E-state index contributed by atoms with van der Waals surface area (Å²) < 4.78 is 10.5. The van der Waals surface area contributed by atoms with Gasteiger partial charge in [-0.1, -0.05) is 6.42 Å². The van der Waals surface area contributed by atoms with Gasteiger partial charge in [-0.3, -0.25) is 0 Å². The first-order chi connectivity index (χ1) is 6.10. The van der Waals surface area contributed by atoms with Crippen LogP contribution in [0.5, 0.6) is 0 Å². The zero-order valence-corrected chi connectivity index (χ0v) is 10.9. The SMILES string of the molecule is COC([SiH3])(OC)C(N)CCCCN. The highest BCUT2D eigenvalue weighted by atomic mass is 28.1. The molecule has 0 aromatic rings. The monoisotopic (exact) mass is 206 g/mol. The number of methoxy groups -OCH3 is 2. The molecule has 0 rings (SSSR count). The Morgan fingerprint density at radius 3 is 2.23 bits per heavy atom. The Balaban J connectivity index is 3.84. The fraction of sp³-hybridized carbons (Fsp3) is 1.00. The number of unbranched alkanes of at least 4 members (excludes halogenated alkanes) is 1. The normalized spacial score (nSPS) is 14.8. The van der Waals surface area contributed by atoms with Crippen LogP contribution in [0.3, 0.4) is 0 Å². The summed E-state index contributed by atoms with van der Waals surface area (Å²) in [5, 5.41) is 0. The predicted molar refractivity (Wildman–Crippen MR) is 57.6 cm³/mol. The third kappa shape index (κ3) is 4.19. The minimum Gasteiger partial charge on any atom is -0.356 e. The fourth-order valence-corrected chi connectivity index (χ4v) is 1.45. The van der Waals surface area contributed by atoms with E-state index in [4.69, 9.17) is 20.9 Å². The Morgan fingerprint density at radius 2 is 1.85 bits per heavy atom. The molecule has 0 fully saturated rings. The average Bonchev–Trinajstić information content (AvgIpc) is 2.17. The lowest BCUT2D eigenvalue weighted by atomic mass is 10.1. The minimum atomic E-state index is -0.533. The van der Waals surface area contributed by atoms with Crippen LogP contribution in [0.4, 0.5) is 0 Å². The van der Waals surface area contributed by atoms with Crippen molar-refractivity contribution >= 4 is 10.2 Å². The van der Waals surface area contributed by atoms with Gasteiger partial charge in [-0.2, -0.15) is 0 Å². The van der Waals surface area contributed by atoms with E-state index in [9.17, 15) is 0 Å². The highest BCUT2D eigenvalue weighted by Crippen LogP contribution is 2.14. The summed E-state index contributed by atoms with van der Waals surface area (Å²) in [5.74, 6) is 0. The lowest BCUT2D eigenvalue weighted by Gasteiger charge is -2.33. The highest BCUT2D eigenvalue weighted by molar-refractivity contribution is 6.14. The third-order valence-corrected chi connectivity index (χ3v) is 4.01. The van der Waals surface area contributed by atoms with E-state index in [0.29, 0.717) is 0 Å². The van der Waals surface area contributed by atoms with Crippen LogP contribution in [0.1, 0.15) is 19.3 Å².